The number of sulfonamides is 1. The van der Waals surface area contributed by atoms with Crippen LogP contribution in [0, 0.1) is 0 Å². The number of nitrogens with one attached hydrogen (secondary N) is 2. The van der Waals surface area contributed by atoms with Crippen LogP contribution < -0.4 is 20.5 Å². The molecule has 1 saturated carbocycles. The maximum atomic E-state index is 14.3. The highest BCUT2D eigenvalue weighted by Crippen LogP contribution is 2.46. The third kappa shape index (κ3) is 11.6. The number of halogens is 3. The van der Waals surface area contributed by atoms with E-state index in [1.165, 1.54) is 0 Å². The number of carbonyl (C=O) groups excluding carboxylic acids is 2. The number of likely N-dealkylation sites (N-methyl/N-ethyl adjacent to an activating group) is 1. The van der Waals surface area contributed by atoms with Gasteiger partial charge in [-0.2, -0.15) is 13.2 Å². The lowest BCUT2D eigenvalue weighted by atomic mass is 9.76. The van der Waals surface area contributed by atoms with Crippen molar-refractivity contribution < 1.29 is 50.6 Å². The molecule has 298 valence electrons. The minimum Gasteiger partial charge on any atom is -0.475 e. The summed E-state index contributed by atoms with van der Waals surface area (Å²) in [7, 11) is -3.94. The van der Waals surface area contributed by atoms with Crippen LogP contribution in [0.1, 0.15) is 64.0 Å². The second-order valence-corrected chi connectivity index (χ2v) is 15.5. The van der Waals surface area contributed by atoms with Gasteiger partial charge in [0, 0.05) is 13.1 Å². The first-order valence-corrected chi connectivity index (χ1v) is 19.3. The maximum absolute atomic E-state index is 14.3. The molecule has 1 atom stereocenters. The Hall–Kier alpha value is -4.77. The van der Waals surface area contributed by atoms with Crippen molar-refractivity contribution in [3.63, 3.8) is 0 Å². The van der Waals surface area contributed by atoms with Crippen molar-refractivity contribution in [1.29, 1.82) is 0 Å². The second kappa shape index (κ2) is 18.2. The first kappa shape index (κ1) is 43.0. The molecule has 0 unspecified atom stereocenters. The molecule has 0 aromatic heterocycles. The molecule has 2 aliphatic rings. The summed E-state index contributed by atoms with van der Waals surface area (Å²) < 4.78 is 74.8. The smallest absolute Gasteiger partial charge is 0.475 e. The van der Waals surface area contributed by atoms with Crippen LogP contribution in [0.4, 0.5) is 13.2 Å². The van der Waals surface area contributed by atoms with Crippen LogP contribution in [0.2, 0.25) is 0 Å². The van der Waals surface area contributed by atoms with E-state index in [0.717, 1.165) is 24.8 Å². The quantitative estimate of drug-likeness (QED) is 0.168. The molecule has 3 aromatic rings. The number of amides is 2. The fourth-order valence-corrected chi connectivity index (χ4v) is 8.30. The fraction of sp³-hybridized carbons (Fsp3) is 0.410. The summed E-state index contributed by atoms with van der Waals surface area (Å²) >= 11 is 0. The van der Waals surface area contributed by atoms with Gasteiger partial charge in [-0.25, -0.2) is 17.9 Å². The lowest BCUT2D eigenvalue weighted by Crippen LogP contribution is -2.58. The van der Waals surface area contributed by atoms with Gasteiger partial charge in [-0.05, 0) is 74.6 Å². The van der Waals surface area contributed by atoms with Crippen LogP contribution in [-0.4, -0.2) is 79.2 Å². The molecule has 5 rings (SSSR count). The summed E-state index contributed by atoms with van der Waals surface area (Å²) in [6.07, 6.45) is -1.12. The van der Waals surface area contributed by atoms with E-state index < -0.39 is 45.2 Å². The van der Waals surface area contributed by atoms with Gasteiger partial charge in [0.05, 0.1) is 29.2 Å². The SMILES string of the molecule is CCN(CC1=C(c2cccc(Oc3ccccc3)c2)S(=O)(=O)NC12CCCCC2)C(=O)[C@@H](COCc1ccccc1)NC(=O)C(C)(C)N.O=C(O)C(F)(F)F. The van der Waals surface area contributed by atoms with Crippen molar-refractivity contribution in [2.24, 2.45) is 5.73 Å². The third-order valence-electron chi connectivity index (χ3n) is 9.10. The molecule has 2 amide bonds. The van der Waals surface area contributed by atoms with Gasteiger partial charge in [0.1, 0.15) is 17.5 Å². The van der Waals surface area contributed by atoms with Gasteiger partial charge >= 0.3 is 12.1 Å². The summed E-state index contributed by atoms with van der Waals surface area (Å²) in [5.41, 5.74) is 6.09. The molecule has 1 heterocycles. The van der Waals surface area contributed by atoms with Crippen molar-refractivity contribution in [3.05, 3.63) is 102 Å². The van der Waals surface area contributed by atoms with Gasteiger partial charge < -0.3 is 30.5 Å². The summed E-state index contributed by atoms with van der Waals surface area (Å²) in [6.45, 7) is 5.48. The predicted octanol–water partition coefficient (Wildman–Crippen LogP) is 5.75. The molecule has 12 nitrogen and oxygen atoms in total. The molecule has 0 saturated heterocycles. The van der Waals surface area contributed by atoms with Crippen LogP contribution >= 0.6 is 0 Å². The largest absolute Gasteiger partial charge is 0.490 e. The number of nitrogens with zero attached hydrogens (tertiary/aromatic N) is 1. The fourth-order valence-electron chi connectivity index (χ4n) is 6.33. The van der Waals surface area contributed by atoms with E-state index in [1.54, 1.807) is 43.0 Å². The van der Waals surface area contributed by atoms with Gasteiger partial charge in [-0.1, -0.05) is 79.9 Å². The van der Waals surface area contributed by atoms with Gasteiger partial charge in [-0.15, -0.1) is 0 Å². The molecule has 0 radical (unpaired) electrons. The van der Waals surface area contributed by atoms with Gasteiger partial charge in [0.15, 0.2) is 0 Å². The number of hydrogen-bond donors (Lipinski definition) is 4. The zero-order valence-electron chi connectivity index (χ0n) is 30.9. The topological polar surface area (TPSA) is 177 Å². The Labute approximate surface area is 318 Å². The maximum Gasteiger partial charge on any atom is 0.490 e. The van der Waals surface area contributed by atoms with Crippen LogP contribution in [-0.2, 0) is 35.8 Å². The number of carboxylic acid groups (broad SMARTS) is 1. The lowest BCUT2D eigenvalue weighted by Gasteiger charge is -2.38. The molecule has 1 fully saturated rings. The Morgan fingerprint density at radius 2 is 1.53 bits per heavy atom. The van der Waals surface area contributed by atoms with Crippen LogP contribution in [0.3, 0.4) is 0 Å². The van der Waals surface area contributed by atoms with Crippen molar-refractivity contribution >= 4 is 32.7 Å². The van der Waals surface area contributed by atoms with Gasteiger partial charge in [0.2, 0.25) is 21.8 Å². The molecule has 16 heteroatoms. The standard InChI is InChI=1S/C37H46N4O6S.C2HF3O2/c1-4-41(34(42)32(39-35(43)36(2,3)38)26-46-25-27-15-8-5-9-16-27)24-31-33(48(44,45)40-37(31)21-12-7-13-22-37)28-17-14-20-30(23-28)47-29-18-10-6-11-19-29;3-2(4,5)1(6)7/h5-6,8-11,14-20,23,32,40H,4,7,12-13,21-22,24-26,38H2,1-3H3,(H,39,43);(H,6,7)/t32-;/m1./s1. The average molecular weight is 789 g/mol. The minimum absolute atomic E-state index is 0.0533. The zero-order valence-corrected chi connectivity index (χ0v) is 31.7. The van der Waals surface area contributed by atoms with Gasteiger partial charge in [0.25, 0.3) is 0 Å². The summed E-state index contributed by atoms with van der Waals surface area (Å²) in [6, 6.07) is 24.8. The van der Waals surface area contributed by atoms with Crippen molar-refractivity contribution in [2.75, 3.05) is 19.7 Å². The Morgan fingerprint density at radius 1 is 0.945 bits per heavy atom. The monoisotopic (exact) mass is 788 g/mol. The molecular weight excluding hydrogens is 742 g/mol. The zero-order chi connectivity index (χ0) is 40.4. The van der Waals surface area contributed by atoms with Crippen molar-refractivity contribution in [3.8, 4) is 11.5 Å². The van der Waals surface area contributed by atoms with Gasteiger partial charge in [-0.3, -0.25) is 9.59 Å². The summed E-state index contributed by atoms with van der Waals surface area (Å²) in [4.78, 5) is 38.0. The van der Waals surface area contributed by atoms with Crippen LogP contribution in [0.5, 0.6) is 11.5 Å². The van der Waals surface area contributed by atoms with E-state index in [1.807, 2.05) is 67.6 Å². The van der Waals surface area contributed by atoms with E-state index in [-0.39, 0.29) is 37.1 Å². The minimum atomic E-state index is -5.08. The molecule has 5 N–H and O–H groups in total. The summed E-state index contributed by atoms with van der Waals surface area (Å²) in [5.74, 6) is -2.51. The first-order chi connectivity index (χ1) is 25.9. The van der Waals surface area contributed by atoms with Crippen molar-refractivity contribution in [1.82, 2.24) is 14.9 Å². The number of nitrogens with two attached hydrogens (primary N) is 1. The van der Waals surface area contributed by atoms with Crippen LogP contribution in [0.25, 0.3) is 4.91 Å². The number of rotatable bonds is 13. The Bertz CT molecular complexity index is 1930. The number of aliphatic carboxylic acids is 1. The molecule has 1 aliphatic heterocycles. The molecule has 1 spiro atoms. The first-order valence-electron chi connectivity index (χ1n) is 17.8. The highest BCUT2D eigenvalue weighted by atomic mass is 32.2. The number of carboxylic acids is 1. The highest BCUT2D eigenvalue weighted by Gasteiger charge is 2.50. The van der Waals surface area contributed by atoms with Crippen molar-refractivity contribution in [2.45, 2.75) is 82.8 Å². The normalized spacial score (nSPS) is 16.8. The second-order valence-electron chi connectivity index (χ2n) is 13.9. The van der Waals surface area contributed by atoms with E-state index in [0.29, 0.717) is 35.5 Å². The number of alkyl halides is 3. The number of benzene rings is 3. The number of para-hydroxylation sites is 1. The lowest BCUT2D eigenvalue weighted by molar-refractivity contribution is -0.192. The number of carbonyl (C=O) groups is 3. The van der Waals surface area contributed by atoms with E-state index in [4.69, 9.17) is 25.1 Å². The molecule has 55 heavy (non-hydrogen) atoms. The highest BCUT2D eigenvalue weighted by molar-refractivity contribution is 7.99. The molecular formula is C39H47F3N4O8S. The summed E-state index contributed by atoms with van der Waals surface area (Å²) in [5, 5.41) is 9.92. The number of ether oxygens (including phenoxy) is 2. The van der Waals surface area contributed by atoms with E-state index >= 15 is 0 Å². The number of hydrogen-bond acceptors (Lipinski definition) is 8. The molecule has 0 bridgehead atoms. The van der Waals surface area contributed by atoms with Crippen LogP contribution in [0.15, 0.2) is 90.5 Å². The predicted molar refractivity (Wildman–Crippen MR) is 200 cm³/mol. The Kier molecular flexibility index (Phi) is 14.3. The Balaban J connectivity index is 0.000000876. The molecule has 3 aromatic carbocycles. The third-order valence-corrected chi connectivity index (χ3v) is 10.8. The average Bonchev–Trinajstić information content (AvgIpc) is 3.34. The molecule has 1 aliphatic carbocycles. The Morgan fingerprint density at radius 3 is 2.09 bits per heavy atom. The van der Waals surface area contributed by atoms with E-state index in [2.05, 4.69) is 10.0 Å². The van der Waals surface area contributed by atoms with E-state index in [9.17, 15) is 31.2 Å².